The van der Waals surface area contributed by atoms with Gasteiger partial charge in [0.25, 0.3) is 5.91 Å². The zero-order chi connectivity index (χ0) is 21.0. The SMILES string of the molecule is COc1cc(OC)cc(C(=O)OCC(=O)Nc2sc3c(c2C#N)CC[C@@H](C)C3)c1. The molecule has 1 atom stereocenters. The lowest BCUT2D eigenvalue weighted by Gasteiger charge is -2.17. The van der Waals surface area contributed by atoms with Crippen LogP contribution in [0, 0.1) is 17.2 Å². The Morgan fingerprint density at radius 1 is 1.24 bits per heavy atom. The molecule has 1 aliphatic carbocycles. The van der Waals surface area contributed by atoms with Gasteiger partial charge in [0.15, 0.2) is 6.61 Å². The molecule has 0 bridgehead atoms. The van der Waals surface area contributed by atoms with Crippen molar-refractivity contribution < 1.29 is 23.8 Å². The zero-order valence-corrected chi connectivity index (χ0v) is 17.4. The van der Waals surface area contributed by atoms with E-state index in [0.29, 0.717) is 28.0 Å². The standard InChI is InChI=1S/C21H22N2O5S/c1-12-4-5-16-17(10-22)20(29-18(16)6-12)23-19(24)11-28-21(25)13-7-14(26-2)9-15(8-13)27-3/h7-9,12H,4-6,11H2,1-3H3,(H,23,24)/t12-/m1/s1. The van der Waals surface area contributed by atoms with Gasteiger partial charge >= 0.3 is 5.97 Å². The van der Waals surface area contributed by atoms with Crippen LogP contribution in [0.4, 0.5) is 5.00 Å². The van der Waals surface area contributed by atoms with Gasteiger partial charge < -0.3 is 19.5 Å². The predicted molar refractivity (Wildman–Crippen MR) is 109 cm³/mol. The molecule has 0 radical (unpaired) electrons. The van der Waals surface area contributed by atoms with Gasteiger partial charge in [-0.2, -0.15) is 5.26 Å². The highest BCUT2D eigenvalue weighted by atomic mass is 32.1. The second-order valence-corrected chi connectivity index (χ2v) is 8.00. The van der Waals surface area contributed by atoms with Crippen molar-refractivity contribution in [1.82, 2.24) is 0 Å². The first-order chi connectivity index (χ1) is 13.9. The zero-order valence-electron chi connectivity index (χ0n) is 16.5. The van der Waals surface area contributed by atoms with Gasteiger partial charge in [-0.3, -0.25) is 4.79 Å². The molecule has 0 unspecified atom stereocenters. The Bertz CT molecular complexity index is 954. The largest absolute Gasteiger partial charge is 0.497 e. The topological polar surface area (TPSA) is 97.7 Å². The van der Waals surface area contributed by atoms with Crippen LogP contribution in [0.5, 0.6) is 11.5 Å². The number of hydrogen-bond acceptors (Lipinski definition) is 7. The highest BCUT2D eigenvalue weighted by Gasteiger charge is 2.25. The number of hydrogen-bond donors (Lipinski definition) is 1. The van der Waals surface area contributed by atoms with Gasteiger partial charge in [-0.1, -0.05) is 6.92 Å². The first-order valence-corrected chi connectivity index (χ1v) is 10.0. The van der Waals surface area contributed by atoms with E-state index in [9.17, 15) is 14.9 Å². The van der Waals surface area contributed by atoms with Crippen molar-refractivity contribution in [2.45, 2.75) is 26.2 Å². The summed E-state index contributed by atoms with van der Waals surface area (Å²) >= 11 is 1.43. The molecule has 1 heterocycles. The van der Waals surface area contributed by atoms with Gasteiger partial charge in [0.2, 0.25) is 0 Å². The number of carbonyl (C=O) groups is 2. The average Bonchev–Trinajstić information content (AvgIpc) is 3.07. The van der Waals surface area contributed by atoms with E-state index in [2.05, 4.69) is 18.3 Å². The van der Waals surface area contributed by atoms with Crippen LogP contribution >= 0.6 is 11.3 Å². The van der Waals surface area contributed by atoms with Crippen LogP contribution in [0.2, 0.25) is 0 Å². The molecule has 1 aromatic carbocycles. The van der Waals surface area contributed by atoms with Crippen molar-refractivity contribution in [3.05, 3.63) is 39.8 Å². The Morgan fingerprint density at radius 2 is 1.93 bits per heavy atom. The number of nitrogens with zero attached hydrogens (tertiary/aromatic N) is 1. The fraction of sp³-hybridized carbons (Fsp3) is 0.381. The molecule has 3 rings (SSSR count). The second-order valence-electron chi connectivity index (χ2n) is 6.89. The molecule has 0 fully saturated rings. The molecule has 1 aromatic heterocycles. The van der Waals surface area contributed by atoms with Crippen LogP contribution in [-0.4, -0.2) is 32.7 Å². The van der Waals surface area contributed by atoms with Gasteiger partial charge in [-0.15, -0.1) is 11.3 Å². The monoisotopic (exact) mass is 414 g/mol. The number of nitriles is 1. The maximum atomic E-state index is 12.3. The molecule has 0 saturated carbocycles. The van der Waals surface area contributed by atoms with Crippen molar-refractivity contribution in [2.75, 3.05) is 26.1 Å². The second kappa shape index (κ2) is 8.97. The van der Waals surface area contributed by atoms with Crippen LogP contribution in [0.15, 0.2) is 18.2 Å². The maximum absolute atomic E-state index is 12.3. The highest BCUT2D eigenvalue weighted by molar-refractivity contribution is 7.16. The van der Waals surface area contributed by atoms with Crippen molar-refractivity contribution in [3.8, 4) is 17.6 Å². The summed E-state index contributed by atoms with van der Waals surface area (Å²) in [6, 6.07) is 6.84. The van der Waals surface area contributed by atoms with E-state index in [0.717, 1.165) is 29.7 Å². The summed E-state index contributed by atoms with van der Waals surface area (Å²) < 4.78 is 15.4. The number of esters is 1. The number of anilines is 1. The Balaban J connectivity index is 1.65. The summed E-state index contributed by atoms with van der Waals surface area (Å²) in [6.07, 6.45) is 2.79. The molecule has 0 spiro atoms. The van der Waals surface area contributed by atoms with Gasteiger partial charge in [0, 0.05) is 10.9 Å². The Hall–Kier alpha value is -3.05. The highest BCUT2D eigenvalue weighted by Crippen LogP contribution is 2.39. The quantitative estimate of drug-likeness (QED) is 0.726. The third-order valence-corrected chi connectivity index (χ3v) is 5.97. The summed E-state index contributed by atoms with van der Waals surface area (Å²) in [5.74, 6) is 0.293. The Morgan fingerprint density at radius 3 is 2.55 bits per heavy atom. The van der Waals surface area contributed by atoms with Crippen LogP contribution in [0.1, 0.15) is 39.7 Å². The van der Waals surface area contributed by atoms with Gasteiger partial charge in [-0.05, 0) is 42.9 Å². The van der Waals surface area contributed by atoms with Crippen molar-refractivity contribution >= 4 is 28.2 Å². The fourth-order valence-corrected chi connectivity index (χ4v) is 4.64. The smallest absolute Gasteiger partial charge is 0.338 e. The molecule has 8 heteroatoms. The average molecular weight is 414 g/mol. The lowest BCUT2D eigenvalue weighted by atomic mass is 9.89. The minimum Gasteiger partial charge on any atom is -0.497 e. The lowest BCUT2D eigenvalue weighted by molar-refractivity contribution is -0.119. The number of nitrogens with one attached hydrogen (secondary N) is 1. The molecule has 1 N–H and O–H groups in total. The molecular weight excluding hydrogens is 392 g/mol. The summed E-state index contributed by atoms with van der Waals surface area (Å²) in [6.45, 7) is 1.72. The normalized spacial score (nSPS) is 15.0. The van der Waals surface area contributed by atoms with Crippen LogP contribution < -0.4 is 14.8 Å². The summed E-state index contributed by atoms with van der Waals surface area (Å²) in [5, 5.41) is 12.7. The fourth-order valence-electron chi connectivity index (χ4n) is 3.26. The molecular formula is C21H22N2O5S. The number of amides is 1. The van der Waals surface area contributed by atoms with Crippen molar-refractivity contribution in [2.24, 2.45) is 5.92 Å². The lowest BCUT2D eigenvalue weighted by Crippen LogP contribution is -2.21. The van der Waals surface area contributed by atoms with E-state index in [1.54, 1.807) is 6.07 Å². The van der Waals surface area contributed by atoms with Crippen LogP contribution in [0.25, 0.3) is 0 Å². The number of rotatable bonds is 6. The van der Waals surface area contributed by atoms with Crippen LogP contribution in [-0.2, 0) is 22.4 Å². The molecule has 1 aliphatic rings. The summed E-state index contributed by atoms with van der Waals surface area (Å²) in [7, 11) is 2.96. The Labute approximate surface area is 173 Å². The molecule has 2 aromatic rings. The van der Waals surface area contributed by atoms with Crippen molar-refractivity contribution in [3.63, 3.8) is 0 Å². The number of thiophene rings is 1. The third kappa shape index (κ3) is 4.69. The first kappa shape index (κ1) is 20.7. The number of carbonyl (C=O) groups excluding carboxylic acids is 2. The third-order valence-electron chi connectivity index (χ3n) is 4.80. The molecule has 0 aliphatic heterocycles. The van der Waals surface area contributed by atoms with E-state index in [1.165, 1.54) is 37.7 Å². The summed E-state index contributed by atoms with van der Waals surface area (Å²) in [5.41, 5.74) is 1.77. The molecule has 7 nitrogen and oxygen atoms in total. The number of methoxy groups -OCH3 is 2. The van der Waals surface area contributed by atoms with Gasteiger partial charge in [-0.25, -0.2) is 4.79 Å². The van der Waals surface area contributed by atoms with Gasteiger partial charge in [0.05, 0.1) is 25.3 Å². The number of fused-ring (bicyclic) bond motifs is 1. The Kier molecular flexibility index (Phi) is 6.39. The van der Waals surface area contributed by atoms with E-state index in [1.807, 2.05) is 0 Å². The first-order valence-electron chi connectivity index (χ1n) is 9.19. The van der Waals surface area contributed by atoms with Gasteiger partial charge in [0.1, 0.15) is 22.6 Å². The van der Waals surface area contributed by atoms with E-state index in [4.69, 9.17) is 14.2 Å². The molecule has 0 saturated heterocycles. The van der Waals surface area contributed by atoms with E-state index in [-0.39, 0.29) is 5.56 Å². The molecule has 152 valence electrons. The van der Waals surface area contributed by atoms with Crippen LogP contribution in [0.3, 0.4) is 0 Å². The predicted octanol–water partition coefficient (Wildman–Crippen LogP) is 3.56. The summed E-state index contributed by atoms with van der Waals surface area (Å²) in [4.78, 5) is 25.7. The minimum atomic E-state index is -0.669. The number of benzene rings is 1. The minimum absolute atomic E-state index is 0.215. The maximum Gasteiger partial charge on any atom is 0.338 e. The molecule has 29 heavy (non-hydrogen) atoms. The number of ether oxygens (including phenoxy) is 3. The molecule has 1 amide bonds. The van der Waals surface area contributed by atoms with E-state index >= 15 is 0 Å². The van der Waals surface area contributed by atoms with E-state index < -0.39 is 18.5 Å². The van der Waals surface area contributed by atoms with Crippen molar-refractivity contribution in [1.29, 1.82) is 5.26 Å².